The highest BCUT2D eigenvalue weighted by Crippen LogP contribution is 2.36. The molecule has 30 heavy (non-hydrogen) atoms. The lowest BCUT2D eigenvalue weighted by Crippen LogP contribution is -2.46. The van der Waals surface area contributed by atoms with Crippen molar-refractivity contribution in [3.63, 3.8) is 0 Å². The van der Waals surface area contributed by atoms with Crippen LogP contribution < -0.4 is 4.90 Å². The van der Waals surface area contributed by atoms with Crippen molar-refractivity contribution in [3.8, 4) is 11.5 Å². The van der Waals surface area contributed by atoms with Crippen LogP contribution in [0.4, 0.5) is 5.88 Å². The van der Waals surface area contributed by atoms with E-state index in [-0.39, 0.29) is 9.92 Å². The maximum Gasteiger partial charge on any atom is 0.236 e. The number of hydrogen-bond acceptors (Lipinski definition) is 6. The van der Waals surface area contributed by atoms with Crippen LogP contribution in [0.15, 0.2) is 62.9 Å². The molecule has 1 aliphatic rings. The van der Waals surface area contributed by atoms with Gasteiger partial charge in [0, 0.05) is 31.7 Å². The second kappa shape index (κ2) is 8.24. The summed E-state index contributed by atoms with van der Waals surface area (Å²) in [4.78, 5) is 9.08. The Bertz CT molecular complexity index is 1130. The molecule has 0 spiro atoms. The van der Waals surface area contributed by atoms with Crippen molar-refractivity contribution < 1.29 is 12.8 Å². The van der Waals surface area contributed by atoms with Gasteiger partial charge >= 0.3 is 0 Å². The first-order valence-electron chi connectivity index (χ1n) is 10.3. The number of hydrogen-bond donors (Lipinski definition) is 0. The Hall–Kier alpha value is -2.64. The van der Waals surface area contributed by atoms with E-state index in [2.05, 4.69) is 16.8 Å². The van der Waals surface area contributed by atoms with Crippen molar-refractivity contribution in [3.05, 3.63) is 59.7 Å². The van der Waals surface area contributed by atoms with Crippen molar-refractivity contribution in [1.29, 1.82) is 0 Å². The van der Waals surface area contributed by atoms with Crippen LogP contribution in [0.1, 0.15) is 18.1 Å². The van der Waals surface area contributed by atoms with Crippen LogP contribution in [0.25, 0.3) is 11.5 Å². The quantitative estimate of drug-likeness (QED) is 0.617. The number of aryl methyl sites for hydroxylation is 2. The van der Waals surface area contributed by atoms with Crippen LogP contribution in [-0.4, -0.2) is 51.0 Å². The van der Waals surface area contributed by atoms with E-state index in [1.165, 1.54) is 0 Å². The minimum absolute atomic E-state index is 0.00504. The predicted octanol–water partition coefficient (Wildman–Crippen LogP) is 3.93. The second-order valence-corrected chi connectivity index (χ2v) is 9.55. The van der Waals surface area contributed by atoms with Crippen molar-refractivity contribution in [2.45, 2.75) is 30.7 Å². The standard InChI is InChI=1S/C23H27N3O3S/c1-4-25-13-15-26(16-14-25)23-22(30(27,28)19-11-9-17(2)10-12-19)24-21(29-23)20-8-6-5-7-18(20)3/h5-12H,4,13-16H2,1-3H3. The number of oxazole rings is 1. The molecule has 0 saturated carbocycles. The zero-order chi connectivity index (χ0) is 21.3. The maximum atomic E-state index is 13.5. The first-order chi connectivity index (χ1) is 14.4. The van der Waals surface area contributed by atoms with Gasteiger partial charge in [-0.05, 0) is 44.2 Å². The molecule has 6 nitrogen and oxygen atoms in total. The highest BCUT2D eigenvalue weighted by Gasteiger charge is 2.32. The number of aromatic nitrogens is 1. The van der Waals surface area contributed by atoms with Gasteiger partial charge in [-0.3, -0.25) is 0 Å². The third kappa shape index (κ3) is 3.87. The van der Waals surface area contributed by atoms with Crippen LogP contribution in [0.2, 0.25) is 0 Å². The first-order valence-corrected chi connectivity index (χ1v) is 11.7. The predicted molar refractivity (Wildman–Crippen MR) is 118 cm³/mol. The van der Waals surface area contributed by atoms with E-state index in [0.717, 1.165) is 36.3 Å². The fourth-order valence-corrected chi connectivity index (χ4v) is 5.02. The van der Waals surface area contributed by atoms with Gasteiger partial charge in [-0.2, -0.15) is 4.98 Å². The molecule has 0 aliphatic carbocycles. The van der Waals surface area contributed by atoms with E-state index in [4.69, 9.17) is 4.42 Å². The van der Waals surface area contributed by atoms with E-state index in [0.29, 0.717) is 24.9 Å². The lowest BCUT2D eigenvalue weighted by molar-refractivity contribution is 0.266. The van der Waals surface area contributed by atoms with Gasteiger partial charge < -0.3 is 14.2 Å². The van der Waals surface area contributed by atoms with Gasteiger partial charge in [0.05, 0.1) is 4.90 Å². The summed E-state index contributed by atoms with van der Waals surface area (Å²) in [5, 5.41) is -0.00504. The van der Waals surface area contributed by atoms with Gasteiger partial charge in [0.1, 0.15) is 0 Å². The van der Waals surface area contributed by atoms with Gasteiger partial charge in [0.15, 0.2) is 0 Å². The average Bonchev–Trinajstić information content (AvgIpc) is 3.20. The molecular formula is C23H27N3O3S. The minimum Gasteiger partial charge on any atom is -0.419 e. The monoisotopic (exact) mass is 425 g/mol. The lowest BCUT2D eigenvalue weighted by atomic mass is 10.1. The summed E-state index contributed by atoms with van der Waals surface area (Å²) in [6.07, 6.45) is 0. The fraction of sp³-hybridized carbons (Fsp3) is 0.348. The molecule has 158 valence electrons. The van der Waals surface area contributed by atoms with E-state index >= 15 is 0 Å². The topological polar surface area (TPSA) is 66.7 Å². The first kappa shape index (κ1) is 20.6. The largest absolute Gasteiger partial charge is 0.419 e. The number of piperazine rings is 1. The Morgan fingerprint density at radius 1 is 0.967 bits per heavy atom. The van der Waals surface area contributed by atoms with Gasteiger partial charge in [-0.15, -0.1) is 0 Å². The SMILES string of the molecule is CCN1CCN(c2oc(-c3ccccc3C)nc2S(=O)(=O)c2ccc(C)cc2)CC1. The zero-order valence-corrected chi connectivity index (χ0v) is 18.4. The molecule has 1 aromatic heterocycles. The van der Waals surface area contributed by atoms with Gasteiger partial charge in [0.2, 0.25) is 26.6 Å². The number of benzene rings is 2. The maximum absolute atomic E-state index is 13.5. The summed E-state index contributed by atoms with van der Waals surface area (Å²) in [5.41, 5.74) is 2.79. The molecule has 0 amide bonds. The van der Waals surface area contributed by atoms with E-state index in [1.54, 1.807) is 24.3 Å². The number of rotatable bonds is 5. The van der Waals surface area contributed by atoms with E-state index in [9.17, 15) is 8.42 Å². The second-order valence-electron chi connectivity index (χ2n) is 7.68. The minimum atomic E-state index is -3.81. The van der Waals surface area contributed by atoms with Crippen molar-refractivity contribution in [1.82, 2.24) is 9.88 Å². The molecule has 1 saturated heterocycles. The van der Waals surface area contributed by atoms with Crippen molar-refractivity contribution in [2.75, 3.05) is 37.6 Å². The average molecular weight is 426 g/mol. The molecule has 3 aromatic rings. The molecule has 4 rings (SSSR count). The van der Waals surface area contributed by atoms with E-state index < -0.39 is 9.84 Å². The lowest BCUT2D eigenvalue weighted by Gasteiger charge is -2.33. The van der Waals surface area contributed by atoms with E-state index in [1.807, 2.05) is 43.0 Å². The summed E-state index contributed by atoms with van der Waals surface area (Å²) < 4.78 is 33.1. The van der Waals surface area contributed by atoms with Crippen molar-refractivity contribution in [2.24, 2.45) is 0 Å². The molecule has 1 fully saturated rings. The third-order valence-electron chi connectivity index (χ3n) is 5.65. The molecule has 2 heterocycles. The van der Waals surface area contributed by atoms with Crippen LogP contribution >= 0.6 is 0 Å². The highest BCUT2D eigenvalue weighted by atomic mass is 32.2. The zero-order valence-electron chi connectivity index (χ0n) is 17.6. The number of likely N-dealkylation sites (N-methyl/N-ethyl adjacent to an activating group) is 1. The van der Waals surface area contributed by atoms with Gasteiger partial charge in [-0.25, -0.2) is 8.42 Å². The Morgan fingerprint density at radius 2 is 1.63 bits per heavy atom. The van der Waals surface area contributed by atoms with Crippen LogP contribution in [0.5, 0.6) is 0 Å². The van der Waals surface area contributed by atoms with Gasteiger partial charge in [0.25, 0.3) is 0 Å². The Balaban J connectivity index is 1.82. The number of anilines is 1. The molecule has 0 unspecified atom stereocenters. The molecule has 0 radical (unpaired) electrons. The summed E-state index contributed by atoms with van der Waals surface area (Å²) in [5.74, 6) is 0.677. The summed E-state index contributed by atoms with van der Waals surface area (Å²) >= 11 is 0. The third-order valence-corrected chi connectivity index (χ3v) is 7.32. The normalized spacial score (nSPS) is 15.5. The molecule has 7 heteroatoms. The molecular weight excluding hydrogens is 398 g/mol. The molecule has 0 atom stereocenters. The van der Waals surface area contributed by atoms with Crippen LogP contribution in [-0.2, 0) is 9.84 Å². The van der Waals surface area contributed by atoms with Crippen LogP contribution in [0, 0.1) is 13.8 Å². The van der Waals surface area contributed by atoms with Crippen molar-refractivity contribution >= 4 is 15.7 Å². The Labute approximate surface area is 178 Å². The Kier molecular flexibility index (Phi) is 5.66. The van der Waals surface area contributed by atoms with Gasteiger partial charge in [-0.1, -0.05) is 42.8 Å². The molecule has 0 bridgehead atoms. The number of sulfone groups is 1. The summed E-state index contributed by atoms with van der Waals surface area (Å²) in [6.45, 7) is 10.1. The summed E-state index contributed by atoms with van der Waals surface area (Å²) in [6, 6.07) is 14.6. The van der Waals surface area contributed by atoms with Crippen LogP contribution in [0.3, 0.4) is 0 Å². The number of nitrogens with zero attached hydrogens (tertiary/aromatic N) is 3. The fourth-order valence-electron chi connectivity index (χ4n) is 3.70. The summed E-state index contributed by atoms with van der Waals surface area (Å²) in [7, 11) is -3.81. The highest BCUT2D eigenvalue weighted by molar-refractivity contribution is 7.91. The Morgan fingerprint density at radius 3 is 2.27 bits per heavy atom. The molecule has 0 N–H and O–H groups in total. The molecule has 2 aromatic carbocycles. The molecule has 1 aliphatic heterocycles. The smallest absolute Gasteiger partial charge is 0.236 e.